The van der Waals surface area contributed by atoms with Gasteiger partial charge < -0.3 is 9.84 Å². The first-order valence-corrected chi connectivity index (χ1v) is 8.22. The summed E-state index contributed by atoms with van der Waals surface area (Å²) in [6, 6.07) is 0. The number of thiazole rings is 1. The molecule has 0 atom stereocenters. The van der Waals surface area contributed by atoms with Crippen LogP contribution in [0.5, 0.6) is 0 Å². The van der Waals surface area contributed by atoms with Crippen LogP contribution >= 0.6 is 11.3 Å². The van der Waals surface area contributed by atoms with Crippen LogP contribution in [-0.2, 0) is 16.8 Å². The number of aliphatic hydroxyl groups is 1. The summed E-state index contributed by atoms with van der Waals surface area (Å²) in [6.07, 6.45) is 0.959. The third kappa shape index (κ3) is 4.01. The number of ether oxygens (including phenoxy) is 1. The Morgan fingerprint density at radius 2 is 2.00 bits per heavy atom. The molecule has 1 aromatic rings. The smallest absolute Gasteiger partial charge is 0.0951 e. The zero-order chi connectivity index (χ0) is 14.8. The fraction of sp³-hybridized carbons (Fsp3) is 0.800. The van der Waals surface area contributed by atoms with E-state index in [-0.39, 0.29) is 0 Å². The predicted molar refractivity (Wildman–Crippen MR) is 82.4 cm³/mol. The minimum absolute atomic E-state index is 0.352. The highest BCUT2D eigenvalue weighted by molar-refractivity contribution is 7.11. The van der Waals surface area contributed by atoms with Crippen LogP contribution < -0.4 is 0 Å². The first-order valence-electron chi connectivity index (χ1n) is 7.40. The molecule has 5 heteroatoms. The maximum Gasteiger partial charge on any atom is 0.0951 e. The van der Waals surface area contributed by atoms with Gasteiger partial charge in [0.25, 0.3) is 0 Å². The summed E-state index contributed by atoms with van der Waals surface area (Å²) in [4.78, 5) is 8.20. The zero-order valence-corrected chi connectivity index (χ0v) is 13.8. The van der Waals surface area contributed by atoms with Crippen molar-refractivity contribution in [2.24, 2.45) is 0 Å². The van der Waals surface area contributed by atoms with E-state index in [2.05, 4.69) is 18.7 Å². The Morgan fingerprint density at radius 3 is 2.50 bits per heavy atom. The number of nitrogens with zero attached hydrogens (tertiary/aromatic N) is 2. The van der Waals surface area contributed by atoms with Gasteiger partial charge in [-0.2, -0.15) is 0 Å². The molecule has 2 heterocycles. The highest BCUT2D eigenvalue weighted by Gasteiger charge is 2.26. The number of hydrogen-bond acceptors (Lipinski definition) is 5. The topological polar surface area (TPSA) is 45.6 Å². The molecule has 0 radical (unpaired) electrons. The van der Waals surface area contributed by atoms with E-state index in [1.807, 2.05) is 13.8 Å². The Hall–Kier alpha value is -0.490. The van der Waals surface area contributed by atoms with Crippen LogP contribution in [-0.4, -0.2) is 47.8 Å². The van der Waals surface area contributed by atoms with Crippen molar-refractivity contribution >= 4 is 11.3 Å². The molecule has 1 aliphatic heterocycles. The standard InChI is InChI=1S/C15H26N2O2S/c1-11(2)13-14(15(3,4)18)20-12(16-13)5-6-17-7-9-19-10-8-17/h11,18H,5-10H2,1-4H3. The average Bonchev–Trinajstić information content (AvgIpc) is 2.82. The monoisotopic (exact) mass is 298 g/mol. The molecular formula is C15H26N2O2S. The van der Waals surface area contributed by atoms with Crippen LogP contribution in [0.1, 0.15) is 49.2 Å². The normalized spacial score (nSPS) is 17.9. The predicted octanol–water partition coefficient (Wildman–Crippen LogP) is 2.37. The molecule has 20 heavy (non-hydrogen) atoms. The minimum Gasteiger partial charge on any atom is -0.385 e. The van der Waals surface area contributed by atoms with Gasteiger partial charge in [0.1, 0.15) is 0 Å². The van der Waals surface area contributed by atoms with Crippen molar-refractivity contribution in [3.05, 3.63) is 15.6 Å². The molecule has 1 aromatic heterocycles. The molecule has 4 nitrogen and oxygen atoms in total. The van der Waals surface area contributed by atoms with Crippen LogP contribution in [0, 0.1) is 0 Å². The summed E-state index contributed by atoms with van der Waals surface area (Å²) in [5, 5.41) is 11.4. The van der Waals surface area contributed by atoms with Crippen LogP contribution in [0.2, 0.25) is 0 Å². The molecule has 0 aromatic carbocycles. The molecule has 0 spiro atoms. The molecule has 1 aliphatic rings. The van der Waals surface area contributed by atoms with Gasteiger partial charge in [0.15, 0.2) is 0 Å². The van der Waals surface area contributed by atoms with Gasteiger partial charge in [-0.15, -0.1) is 11.3 Å². The summed E-state index contributed by atoms with van der Waals surface area (Å²) in [7, 11) is 0. The zero-order valence-electron chi connectivity index (χ0n) is 13.0. The second-order valence-corrected chi connectivity index (χ2v) is 7.32. The van der Waals surface area contributed by atoms with Crippen molar-refractivity contribution in [2.75, 3.05) is 32.8 Å². The summed E-state index contributed by atoms with van der Waals surface area (Å²) < 4.78 is 5.36. The molecule has 114 valence electrons. The van der Waals surface area contributed by atoms with Crippen molar-refractivity contribution in [3.63, 3.8) is 0 Å². The van der Waals surface area contributed by atoms with Gasteiger partial charge in [-0.1, -0.05) is 13.8 Å². The third-order valence-corrected chi connectivity index (χ3v) is 4.99. The van der Waals surface area contributed by atoms with Gasteiger partial charge in [0.05, 0.1) is 34.4 Å². The summed E-state index contributed by atoms with van der Waals surface area (Å²) in [5.41, 5.74) is 0.258. The molecule has 0 bridgehead atoms. The fourth-order valence-corrected chi connectivity index (χ4v) is 3.60. The van der Waals surface area contributed by atoms with Gasteiger partial charge in [-0.25, -0.2) is 4.98 Å². The van der Waals surface area contributed by atoms with Gasteiger partial charge >= 0.3 is 0 Å². The van der Waals surface area contributed by atoms with Crippen LogP contribution in [0.15, 0.2) is 0 Å². The molecular weight excluding hydrogens is 272 g/mol. The average molecular weight is 298 g/mol. The van der Waals surface area contributed by atoms with Gasteiger partial charge in [0, 0.05) is 26.1 Å². The quantitative estimate of drug-likeness (QED) is 0.906. The number of morpholine rings is 1. The summed E-state index contributed by atoms with van der Waals surface area (Å²) in [5.74, 6) is 0.352. The lowest BCUT2D eigenvalue weighted by molar-refractivity contribution is 0.0384. The molecule has 0 unspecified atom stereocenters. The first-order chi connectivity index (χ1) is 9.38. The SMILES string of the molecule is CC(C)c1nc(CCN2CCOCC2)sc1C(C)(C)O. The number of aromatic nitrogens is 1. The maximum atomic E-state index is 10.3. The van der Waals surface area contributed by atoms with E-state index in [0.29, 0.717) is 5.92 Å². The first kappa shape index (κ1) is 15.9. The Morgan fingerprint density at radius 1 is 1.35 bits per heavy atom. The van der Waals surface area contributed by atoms with Crippen LogP contribution in [0.3, 0.4) is 0 Å². The summed E-state index contributed by atoms with van der Waals surface area (Å²) in [6.45, 7) is 12.7. The lowest BCUT2D eigenvalue weighted by atomic mass is 10.0. The Bertz CT molecular complexity index is 432. The van der Waals surface area contributed by atoms with E-state index >= 15 is 0 Å². The van der Waals surface area contributed by atoms with E-state index < -0.39 is 5.60 Å². The molecule has 1 fully saturated rings. The van der Waals surface area contributed by atoms with E-state index in [1.54, 1.807) is 11.3 Å². The van der Waals surface area contributed by atoms with Crippen LogP contribution in [0.4, 0.5) is 0 Å². The van der Waals surface area contributed by atoms with Crippen molar-refractivity contribution in [2.45, 2.75) is 45.6 Å². The minimum atomic E-state index is -0.797. The van der Waals surface area contributed by atoms with Gasteiger partial charge in [-0.05, 0) is 19.8 Å². The highest BCUT2D eigenvalue weighted by Crippen LogP contribution is 2.34. The molecule has 0 aliphatic carbocycles. The van der Waals surface area contributed by atoms with E-state index in [9.17, 15) is 5.11 Å². The van der Waals surface area contributed by atoms with E-state index in [1.165, 1.54) is 0 Å². The number of rotatable bonds is 5. The largest absolute Gasteiger partial charge is 0.385 e. The lowest BCUT2D eigenvalue weighted by Crippen LogP contribution is -2.37. The van der Waals surface area contributed by atoms with Crippen molar-refractivity contribution in [1.82, 2.24) is 9.88 Å². The highest BCUT2D eigenvalue weighted by atomic mass is 32.1. The van der Waals surface area contributed by atoms with Gasteiger partial charge in [-0.3, -0.25) is 4.90 Å². The van der Waals surface area contributed by atoms with Crippen molar-refractivity contribution in [1.29, 1.82) is 0 Å². The summed E-state index contributed by atoms with van der Waals surface area (Å²) >= 11 is 1.66. The van der Waals surface area contributed by atoms with Gasteiger partial charge in [0.2, 0.25) is 0 Å². The third-order valence-electron chi connectivity index (χ3n) is 3.55. The lowest BCUT2D eigenvalue weighted by Gasteiger charge is -2.26. The fourth-order valence-electron chi connectivity index (χ4n) is 2.39. The second-order valence-electron chi connectivity index (χ2n) is 6.24. The van der Waals surface area contributed by atoms with E-state index in [4.69, 9.17) is 9.72 Å². The van der Waals surface area contributed by atoms with Crippen molar-refractivity contribution in [3.8, 4) is 0 Å². The molecule has 2 rings (SSSR count). The molecule has 0 saturated carbocycles. The van der Waals surface area contributed by atoms with Crippen molar-refractivity contribution < 1.29 is 9.84 Å². The molecule has 1 N–H and O–H groups in total. The maximum absolute atomic E-state index is 10.3. The number of hydrogen-bond donors (Lipinski definition) is 1. The second kappa shape index (κ2) is 6.52. The molecule has 1 saturated heterocycles. The Kier molecular flexibility index (Phi) is 5.18. The van der Waals surface area contributed by atoms with E-state index in [0.717, 1.165) is 54.8 Å². The Balaban J connectivity index is 2.04. The molecule has 0 amide bonds. The Labute approximate surface area is 125 Å². The van der Waals surface area contributed by atoms with Crippen LogP contribution in [0.25, 0.3) is 0 Å².